The minimum atomic E-state index is -0.513. The van der Waals surface area contributed by atoms with Crippen LogP contribution >= 0.6 is 0 Å². The van der Waals surface area contributed by atoms with Crippen molar-refractivity contribution in [1.82, 2.24) is 0 Å². The monoisotopic (exact) mass is 516 g/mol. The Morgan fingerprint density at radius 2 is 1.50 bits per heavy atom. The van der Waals surface area contributed by atoms with E-state index in [0.717, 1.165) is 23.6 Å². The highest BCUT2D eigenvalue weighted by Gasteiger charge is 2.15. The van der Waals surface area contributed by atoms with Crippen molar-refractivity contribution in [2.45, 2.75) is 39.5 Å². The van der Waals surface area contributed by atoms with Crippen molar-refractivity contribution >= 4 is 17.9 Å². The number of ether oxygens (including phenoxy) is 4. The number of allylic oxidation sites excluding steroid dienone is 4. The molecule has 0 saturated carbocycles. The summed E-state index contributed by atoms with van der Waals surface area (Å²) in [5.74, 6) is 0.0533. The lowest BCUT2D eigenvalue weighted by molar-refractivity contribution is -0.137. The van der Waals surface area contributed by atoms with Crippen LogP contribution in [0.3, 0.4) is 0 Å². The molecular formula is C31H32O7. The summed E-state index contributed by atoms with van der Waals surface area (Å²) in [7, 11) is 0. The summed E-state index contributed by atoms with van der Waals surface area (Å²) in [4.78, 5) is 36.2. The minimum Gasteiger partial charge on any atom is -0.494 e. The molecule has 198 valence electrons. The summed E-state index contributed by atoms with van der Waals surface area (Å²) >= 11 is 0. The lowest BCUT2D eigenvalue weighted by Crippen LogP contribution is -2.05. The first kappa shape index (κ1) is 28.2. The highest BCUT2D eigenvalue weighted by Crippen LogP contribution is 2.22. The van der Waals surface area contributed by atoms with Gasteiger partial charge in [-0.15, -0.1) is 0 Å². The van der Waals surface area contributed by atoms with E-state index in [9.17, 15) is 14.4 Å². The second-order valence-electron chi connectivity index (χ2n) is 8.65. The van der Waals surface area contributed by atoms with Gasteiger partial charge in [0, 0.05) is 12.5 Å². The van der Waals surface area contributed by atoms with Crippen molar-refractivity contribution in [2.24, 2.45) is 0 Å². The number of rotatable bonds is 12. The van der Waals surface area contributed by atoms with Crippen LogP contribution in [0.15, 0.2) is 96.5 Å². The van der Waals surface area contributed by atoms with E-state index < -0.39 is 17.9 Å². The molecule has 0 bridgehead atoms. The lowest BCUT2D eigenvalue weighted by Gasteiger charge is -2.08. The third-order valence-electron chi connectivity index (χ3n) is 5.62. The van der Waals surface area contributed by atoms with Crippen LogP contribution in [0.2, 0.25) is 0 Å². The van der Waals surface area contributed by atoms with Gasteiger partial charge >= 0.3 is 17.9 Å². The van der Waals surface area contributed by atoms with Gasteiger partial charge in [-0.05, 0) is 86.4 Å². The van der Waals surface area contributed by atoms with Gasteiger partial charge in [-0.1, -0.05) is 31.2 Å². The largest absolute Gasteiger partial charge is 0.494 e. The van der Waals surface area contributed by atoms with Gasteiger partial charge in [0.05, 0.1) is 24.3 Å². The Hall–Kier alpha value is -4.39. The average molecular weight is 517 g/mol. The van der Waals surface area contributed by atoms with E-state index in [-0.39, 0.29) is 0 Å². The van der Waals surface area contributed by atoms with E-state index in [4.69, 9.17) is 18.9 Å². The van der Waals surface area contributed by atoms with Gasteiger partial charge in [0.25, 0.3) is 0 Å². The maximum Gasteiger partial charge on any atom is 0.343 e. The first-order valence-corrected chi connectivity index (χ1v) is 12.5. The van der Waals surface area contributed by atoms with E-state index >= 15 is 0 Å². The van der Waals surface area contributed by atoms with Crippen molar-refractivity contribution in [2.75, 3.05) is 13.2 Å². The number of carbonyl (C=O) groups excluding carboxylic acids is 3. The summed E-state index contributed by atoms with van der Waals surface area (Å²) in [6.07, 6.45) is 8.83. The molecule has 0 atom stereocenters. The maximum absolute atomic E-state index is 12.7. The minimum absolute atomic E-state index is 0.314. The third kappa shape index (κ3) is 8.92. The van der Waals surface area contributed by atoms with Crippen LogP contribution in [0, 0.1) is 0 Å². The molecule has 0 unspecified atom stereocenters. The van der Waals surface area contributed by atoms with Gasteiger partial charge in [-0.2, -0.15) is 0 Å². The Morgan fingerprint density at radius 3 is 2.16 bits per heavy atom. The number of benzene rings is 2. The second-order valence-corrected chi connectivity index (χ2v) is 8.65. The Balaban J connectivity index is 1.51. The van der Waals surface area contributed by atoms with Crippen LogP contribution in [-0.2, 0) is 25.4 Å². The highest BCUT2D eigenvalue weighted by atomic mass is 16.5. The molecule has 0 radical (unpaired) electrons. The molecule has 7 nitrogen and oxygen atoms in total. The van der Waals surface area contributed by atoms with E-state index in [0.29, 0.717) is 60.9 Å². The number of carbonyl (C=O) groups is 3. The normalized spacial score (nSPS) is 12.7. The smallest absolute Gasteiger partial charge is 0.343 e. The fourth-order valence-electron chi connectivity index (χ4n) is 3.52. The lowest BCUT2D eigenvalue weighted by atomic mass is 10.1. The van der Waals surface area contributed by atoms with Crippen molar-refractivity contribution in [3.05, 3.63) is 113 Å². The van der Waals surface area contributed by atoms with Crippen molar-refractivity contribution in [3.8, 4) is 5.75 Å². The Labute approximate surface area is 223 Å². The molecule has 38 heavy (non-hydrogen) atoms. The SMILES string of the molecule is C=CC(=O)OCCCCOc1ccc(C(=O)OC2=CC=C(OC(=O)c3ccc(CC)cc3)CC(C)=C2)cc1. The number of unbranched alkanes of at least 4 members (excludes halogenated alkanes) is 1. The molecule has 2 aromatic carbocycles. The van der Waals surface area contributed by atoms with Crippen LogP contribution in [0.25, 0.3) is 0 Å². The molecular weight excluding hydrogens is 484 g/mol. The van der Waals surface area contributed by atoms with Gasteiger partial charge in [0.15, 0.2) is 0 Å². The molecule has 1 aliphatic carbocycles. The third-order valence-corrected chi connectivity index (χ3v) is 5.62. The standard InChI is InChI=1S/C31H32O7/c1-4-23-8-10-24(11-9-23)30(33)37-27-16-17-28(21-22(3)20-27)38-31(34)25-12-14-26(15-13-25)35-18-6-7-19-36-29(32)5-2/h5,8-17,21H,2,4,6-7,18-20H2,1,3H3. The quantitative estimate of drug-likeness (QED) is 0.142. The van der Waals surface area contributed by atoms with E-state index in [1.54, 1.807) is 54.6 Å². The van der Waals surface area contributed by atoms with Crippen molar-refractivity contribution in [3.63, 3.8) is 0 Å². The zero-order valence-corrected chi connectivity index (χ0v) is 21.7. The molecule has 0 amide bonds. The molecule has 0 fully saturated rings. The van der Waals surface area contributed by atoms with Crippen molar-refractivity contribution in [1.29, 1.82) is 0 Å². The van der Waals surface area contributed by atoms with Gasteiger partial charge in [0.2, 0.25) is 0 Å². The molecule has 2 aromatic rings. The van der Waals surface area contributed by atoms with Crippen LogP contribution in [-0.4, -0.2) is 31.1 Å². The topological polar surface area (TPSA) is 88.1 Å². The molecule has 1 aliphatic rings. The molecule has 3 rings (SSSR count). The van der Waals surface area contributed by atoms with Crippen LogP contribution in [0.5, 0.6) is 5.75 Å². The number of hydrogen-bond acceptors (Lipinski definition) is 7. The summed E-state index contributed by atoms with van der Waals surface area (Å²) in [6.45, 7) is 8.04. The van der Waals surface area contributed by atoms with Gasteiger partial charge in [0.1, 0.15) is 17.3 Å². The fraction of sp³-hybridized carbons (Fsp3) is 0.258. The van der Waals surface area contributed by atoms with Crippen LogP contribution < -0.4 is 4.74 Å². The summed E-state index contributed by atoms with van der Waals surface area (Å²) in [5.41, 5.74) is 2.87. The zero-order chi connectivity index (χ0) is 27.3. The zero-order valence-electron chi connectivity index (χ0n) is 21.7. The summed E-state index contributed by atoms with van der Waals surface area (Å²) < 4.78 is 21.7. The second kappa shape index (κ2) is 14.4. The van der Waals surface area contributed by atoms with Gasteiger partial charge in [-0.3, -0.25) is 0 Å². The predicted molar refractivity (Wildman–Crippen MR) is 144 cm³/mol. The summed E-state index contributed by atoms with van der Waals surface area (Å²) in [6, 6.07) is 14.0. The van der Waals surface area contributed by atoms with Crippen LogP contribution in [0.1, 0.15) is 59.4 Å². The Kier molecular flexibility index (Phi) is 10.7. The van der Waals surface area contributed by atoms with Gasteiger partial charge in [-0.25, -0.2) is 14.4 Å². The maximum atomic E-state index is 12.7. The predicted octanol–water partition coefficient (Wildman–Crippen LogP) is 6.27. The van der Waals surface area contributed by atoms with E-state index in [1.165, 1.54) is 0 Å². The van der Waals surface area contributed by atoms with E-state index in [2.05, 4.69) is 13.5 Å². The molecule has 7 heteroatoms. The fourth-order valence-corrected chi connectivity index (χ4v) is 3.52. The highest BCUT2D eigenvalue weighted by molar-refractivity contribution is 5.91. The molecule has 0 aliphatic heterocycles. The van der Waals surface area contributed by atoms with Crippen LogP contribution in [0.4, 0.5) is 0 Å². The van der Waals surface area contributed by atoms with Crippen molar-refractivity contribution < 1.29 is 33.3 Å². The first-order chi connectivity index (χ1) is 18.4. The number of esters is 3. The number of hydrogen-bond donors (Lipinski definition) is 0. The molecule has 0 spiro atoms. The molecule has 0 saturated heterocycles. The average Bonchev–Trinajstić information content (AvgIpc) is 3.10. The number of aryl methyl sites for hydroxylation is 1. The van der Waals surface area contributed by atoms with Gasteiger partial charge < -0.3 is 18.9 Å². The van der Waals surface area contributed by atoms with E-state index in [1.807, 2.05) is 19.1 Å². The summed E-state index contributed by atoms with van der Waals surface area (Å²) in [5, 5.41) is 0. The Morgan fingerprint density at radius 1 is 0.868 bits per heavy atom. The first-order valence-electron chi connectivity index (χ1n) is 12.5. The Bertz CT molecular complexity index is 1230. The molecule has 0 heterocycles. The molecule has 0 N–H and O–H groups in total. The molecule has 0 aromatic heterocycles.